The van der Waals surface area contributed by atoms with Crippen molar-refractivity contribution in [1.29, 1.82) is 0 Å². The predicted molar refractivity (Wildman–Crippen MR) is 110 cm³/mol. The summed E-state index contributed by atoms with van der Waals surface area (Å²) >= 11 is 5.95. The number of benzene rings is 3. The van der Waals surface area contributed by atoms with Gasteiger partial charge in [-0.05, 0) is 48.0 Å². The van der Waals surface area contributed by atoms with E-state index in [9.17, 15) is 14.0 Å². The molecule has 0 bridgehead atoms. The third-order valence-electron chi connectivity index (χ3n) is 3.73. The van der Waals surface area contributed by atoms with Crippen LogP contribution in [-0.2, 0) is 4.79 Å². The molecular formula is C22H16ClFN2O4. The van der Waals surface area contributed by atoms with Crippen LogP contribution in [0.15, 0.2) is 77.9 Å². The van der Waals surface area contributed by atoms with Gasteiger partial charge < -0.3 is 9.47 Å². The number of hydrogen-bond acceptors (Lipinski definition) is 5. The highest BCUT2D eigenvalue weighted by Gasteiger charge is 2.09. The quantitative estimate of drug-likeness (QED) is 0.265. The van der Waals surface area contributed by atoms with Crippen molar-refractivity contribution in [2.75, 3.05) is 6.61 Å². The minimum absolute atomic E-state index is 0.0971. The Bertz CT molecular complexity index is 1090. The van der Waals surface area contributed by atoms with E-state index in [0.29, 0.717) is 16.3 Å². The van der Waals surface area contributed by atoms with Gasteiger partial charge in [0.25, 0.3) is 5.91 Å². The van der Waals surface area contributed by atoms with Gasteiger partial charge in [-0.15, -0.1) is 0 Å². The van der Waals surface area contributed by atoms with Crippen LogP contribution in [0.2, 0.25) is 5.02 Å². The van der Waals surface area contributed by atoms with Crippen LogP contribution in [0, 0.1) is 5.82 Å². The minimum atomic E-state index is -0.686. The van der Waals surface area contributed by atoms with E-state index in [1.165, 1.54) is 24.4 Å². The maximum atomic E-state index is 13.2. The van der Waals surface area contributed by atoms with Gasteiger partial charge >= 0.3 is 5.97 Å². The first-order valence-electron chi connectivity index (χ1n) is 8.78. The molecule has 30 heavy (non-hydrogen) atoms. The normalized spacial score (nSPS) is 10.6. The Labute approximate surface area is 176 Å². The lowest BCUT2D eigenvalue weighted by Gasteiger charge is -2.06. The second-order valence-electron chi connectivity index (χ2n) is 5.98. The molecule has 8 heteroatoms. The van der Waals surface area contributed by atoms with Gasteiger partial charge in [0.1, 0.15) is 17.3 Å². The summed E-state index contributed by atoms with van der Waals surface area (Å²) in [4.78, 5) is 23.9. The molecule has 0 unspecified atom stereocenters. The fourth-order valence-corrected chi connectivity index (χ4v) is 2.55. The lowest BCUT2D eigenvalue weighted by Crippen LogP contribution is -2.24. The zero-order valence-corrected chi connectivity index (χ0v) is 16.3. The summed E-state index contributed by atoms with van der Waals surface area (Å²) in [6.07, 6.45) is 1.38. The van der Waals surface area contributed by atoms with Crippen molar-refractivity contribution in [3.8, 4) is 11.5 Å². The maximum absolute atomic E-state index is 13.2. The molecule has 3 aromatic rings. The number of hydrazone groups is 1. The molecule has 0 aromatic heterocycles. The van der Waals surface area contributed by atoms with Gasteiger partial charge in [0.05, 0.1) is 16.8 Å². The molecule has 0 atom stereocenters. The summed E-state index contributed by atoms with van der Waals surface area (Å²) in [6, 6.07) is 18.5. The van der Waals surface area contributed by atoms with Crippen molar-refractivity contribution in [3.05, 3.63) is 94.8 Å². The number of nitrogens with one attached hydrogen (secondary N) is 1. The summed E-state index contributed by atoms with van der Waals surface area (Å²) < 4.78 is 23.8. The number of halogens is 2. The molecule has 0 spiro atoms. The molecule has 3 rings (SSSR count). The number of esters is 1. The van der Waals surface area contributed by atoms with Gasteiger partial charge in [-0.1, -0.05) is 41.9 Å². The van der Waals surface area contributed by atoms with Gasteiger partial charge in [-0.2, -0.15) is 5.10 Å². The Hall–Kier alpha value is -3.71. The molecule has 0 radical (unpaired) electrons. The number of para-hydroxylation sites is 1. The van der Waals surface area contributed by atoms with Crippen molar-refractivity contribution in [3.63, 3.8) is 0 Å². The molecule has 0 aliphatic rings. The molecule has 0 heterocycles. The summed E-state index contributed by atoms with van der Waals surface area (Å²) in [7, 11) is 0. The lowest BCUT2D eigenvalue weighted by molar-refractivity contribution is -0.123. The van der Waals surface area contributed by atoms with Crippen molar-refractivity contribution in [2.24, 2.45) is 5.10 Å². The first-order chi connectivity index (χ1) is 14.5. The lowest BCUT2D eigenvalue weighted by atomic mass is 10.2. The molecule has 3 aromatic carbocycles. The number of amides is 1. The molecule has 0 fully saturated rings. The Morgan fingerprint density at radius 3 is 2.63 bits per heavy atom. The van der Waals surface area contributed by atoms with Crippen LogP contribution in [0.5, 0.6) is 11.5 Å². The minimum Gasteiger partial charge on any atom is -0.482 e. The largest absolute Gasteiger partial charge is 0.482 e. The van der Waals surface area contributed by atoms with Crippen LogP contribution in [0.1, 0.15) is 15.9 Å². The van der Waals surface area contributed by atoms with Crippen LogP contribution in [0.25, 0.3) is 0 Å². The number of hydrogen-bond donors (Lipinski definition) is 1. The van der Waals surface area contributed by atoms with Gasteiger partial charge in [-0.3, -0.25) is 4.79 Å². The monoisotopic (exact) mass is 426 g/mol. The first kappa shape index (κ1) is 21.0. The average molecular weight is 427 g/mol. The molecule has 0 aliphatic carbocycles. The summed E-state index contributed by atoms with van der Waals surface area (Å²) in [5.41, 5.74) is 3.00. The van der Waals surface area contributed by atoms with Crippen molar-refractivity contribution in [1.82, 2.24) is 5.43 Å². The second kappa shape index (κ2) is 10.2. The standard InChI is InChI=1S/C22H16ClFN2O4/c23-19-9-1-2-10-20(19)29-14-21(27)26-25-13-15-5-3-8-18(11-15)30-22(28)16-6-4-7-17(24)12-16/h1-13H,14H2,(H,26,27)/b25-13+. The molecule has 0 saturated heterocycles. The molecule has 1 amide bonds. The van der Waals surface area contributed by atoms with E-state index in [0.717, 1.165) is 6.07 Å². The maximum Gasteiger partial charge on any atom is 0.343 e. The predicted octanol–water partition coefficient (Wildman–Crippen LogP) is 4.23. The summed E-state index contributed by atoms with van der Waals surface area (Å²) in [5.74, 6) is -1.04. The molecule has 6 nitrogen and oxygen atoms in total. The number of carbonyl (C=O) groups excluding carboxylic acids is 2. The van der Waals surface area contributed by atoms with Gasteiger partial charge in [0.15, 0.2) is 6.61 Å². The van der Waals surface area contributed by atoms with Crippen molar-refractivity contribution >= 4 is 29.7 Å². The van der Waals surface area contributed by atoms with Crippen LogP contribution < -0.4 is 14.9 Å². The smallest absolute Gasteiger partial charge is 0.343 e. The van der Waals surface area contributed by atoms with Gasteiger partial charge in [-0.25, -0.2) is 14.6 Å². The summed E-state index contributed by atoms with van der Waals surface area (Å²) in [5, 5.41) is 4.24. The van der Waals surface area contributed by atoms with Crippen LogP contribution in [0.4, 0.5) is 4.39 Å². The van der Waals surface area contributed by atoms with Gasteiger partial charge in [0, 0.05) is 0 Å². The molecule has 0 saturated carbocycles. The summed E-state index contributed by atoms with van der Waals surface area (Å²) in [6.45, 7) is -0.258. The van der Waals surface area contributed by atoms with E-state index in [-0.39, 0.29) is 17.9 Å². The van der Waals surface area contributed by atoms with E-state index in [1.807, 2.05) is 0 Å². The third kappa shape index (κ3) is 6.15. The molecule has 152 valence electrons. The molecule has 1 N–H and O–H groups in total. The van der Waals surface area contributed by atoms with Gasteiger partial charge in [0.2, 0.25) is 0 Å². The molecular weight excluding hydrogens is 411 g/mol. The van der Waals surface area contributed by atoms with Crippen molar-refractivity contribution < 1.29 is 23.5 Å². The Balaban J connectivity index is 1.53. The van der Waals surface area contributed by atoms with E-state index < -0.39 is 17.7 Å². The van der Waals surface area contributed by atoms with Crippen LogP contribution >= 0.6 is 11.6 Å². The van der Waals surface area contributed by atoms with Crippen LogP contribution in [0.3, 0.4) is 0 Å². The zero-order valence-electron chi connectivity index (χ0n) is 15.5. The number of carbonyl (C=O) groups is 2. The fourth-order valence-electron chi connectivity index (χ4n) is 2.36. The van der Waals surface area contributed by atoms with E-state index in [2.05, 4.69) is 10.5 Å². The van der Waals surface area contributed by atoms with E-state index in [1.54, 1.807) is 48.5 Å². The highest BCUT2D eigenvalue weighted by atomic mass is 35.5. The third-order valence-corrected chi connectivity index (χ3v) is 4.04. The molecule has 0 aliphatic heterocycles. The average Bonchev–Trinajstić information content (AvgIpc) is 2.73. The second-order valence-corrected chi connectivity index (χ2v) is 6.39. The Morgan fingerprint density at radius 2 is 1.83 bits per heavy atom. The topological polar surface area (TPSA) is 77.0 Å². The highest BCUT2D eigenvalue weighted by molar-refractivity contribution is 6.32. The van der Waals surface area contributed by atoms with Crippen molar-refractivity contribution in [2.45, 2.75) is 0 Å². The number of ether oxygens (including phenoxy) is 2. The fraction of sp³-hybridized carbons (Fsp3) is 0.0455. The highest BCUT2D eigenvalue weighted by Crippen LogP contribution is 2.22. The van der Waals surface area contributed by atoms with Crippen LogP contribution in [-0.4, -0.2) is 24.7 Å². The SMILES string of the molecule is O=C(COc1ccccc1Cl)N/N=C/c1cccc(OC(=O)c2cccc(F)c2)c1. The number of nitrogens with zero attached hydrogens (tertiary/aromatic N) is 1. The Kier molecular flexibility index (Phi) is 7.13. The van der Waals surface area contributed by atoms with E-state index in [4.69, 9.17) is 21.1 Å². The Morgan fingerprint density at radius 1 is 1.03 bits per heavy atom. The van der Waals surface area contributed by atoms with E-state index >= 15 is 0 Å². The zero-order chi connectivity index (χ0) is 21.3. The number of rotatable bonds is 7. The first-order valence-corrected chi connectivity index (χ1v) is 9.16.